The second-order valence-electron chi connectivity index (χ2n) is 14.4. The SMILES string of the molecule is c1ccc(-c2nc(-c3ccccc3)nc(-c3ccccc3-n3c4ccccc4c4c5oc6c(ccc7c6c6ccccc6n7-c6ccccc6)c5ccc43)n2)cc1. The number of nitrogens with zero attached hydrogens (tertiary/aromatic N) is 5. The molecule has 12 rings (SSSR count). The maximum absolute atomic E-state index is 7.18. The van der Waals surface area contributed by atoms with Crippen LogP contribution in [0, 0.1) is 0 Å². The first-order valence-corrected chi connectivity index (χ1v) is 19.1. The third-order valence-corrected chi connectivity index (χ3v) is 11.2. The predicted octanol–water partition coefficient (Wildman–Crippen LogP) is 13.0. The van der Waals surface area contributed by atoms with Crippen molar-refractivity contribution in [3.8, 4) is 45.5 Å². The van der Waals surface area contributed by atoms with Crippen molar-refractivity contribution >= 4 is 65.6 Å². The molecule has 0 bridgehead atoms. The van der Waals surface area contributed by atoms with E-state index < -0.39 is 0 Å². The van der Waals surface area contributed by atoms with Crippen molar-refractivity contribution in [2.75, 3.05) is 0 Å². The molecule has 8 aromatic carbocycles. The molecule has 0 N–H and O–H groups in total. The van der Waals surface area contributed by atoms with Crippen molar-refractivity contribution in [3.05, 3.63) is 188 Å². The average Bonchev–Trinajstić information content (AvgIpc) is 3.95. The van der Waals surface area contributed by atoms with Crippen LogP contribution in [0.25, 0.3) is 111 Å². The predicted molar refractivity (Wildman–Crippen MR) is 232 cm³/mol. The zero-order valence-corrected chi connectivity index (χ0v) is 30.5. The molecule has 0 radical (unpaired) electrons. The summed E-state index contributed by atoms with van der Waals surface area (Å²) in [6.45, 7) is 0. The Hall–Kier alpha value is -7.83. The van der Waals surface area contributed by atoms with Gasteiger partial charge in [0, 0.05) is 43.9 Å². The fraction of sp³-hybridized carbons (Fsp3) is 0. The number of para-hydroxylation sites is 4. The second-order valence-corrected chi connectivity index (χ2v) is 14.4. The highest BCUT2D eigenvalue weighted by Crippen LogP contribution is 2.45. The van der Waals surface area contributed by atoms with Gasteiger partial charge in [-0.1, -0.05) is 127 Å². The number of benzene rings is 8. The average molecular weight is 730 g/mol. The Morgan fingerprint density at radius 2 is 0.789 bits per heavy atom. The maximum atomic E-state index is 7.18. The van der Waals surface area contributed by atoms with E-state index in [1.165, 1.54) is 0 Å². The molecule has 6 nitrogen and oxygen atoms in total. The normalized spacial score (nSPS) is 11.9. The largest absolute Gasteiger partial charge is 0.455 e. The van der Waals surface area contributed by atoms with Gasteiger partial charge in [-0.25, -0.2) is 15.0 Å². The molecule has 0 unspecified atom stereocenters. The molecule has 0 aliphatic heterocycles. The second kappa shape index (κ2) is 12.3. The summed E-state index contributed by atoms with van der Waals surface area (Å²) in [5.41, 5.74) is 11.0. The van der Waals surface area contributed by atoms with Gasteiger partial charge in [-0.15, -0.1) is 0 Å². The minimum atomic E-state index is 0.603. The number of furan rings is 1. The minimum Gasteiger partial charge on any atom is -0.455 e. The summed E-state index contributed by atoms with van der Waals surface area (Å²) >= 11 is 0. The highest BCUT2D eigenvalue weighted by atomic mass is 16.3. The van der Waals surface area contributed by atoms with E-state index in [0.29, 0.717) is 17.5 Å². The Bertz CT molecular complexity index is 3450. The van der Waals surface area contributed by atoms with Gasteiger partial charge in [-0.05, 0) is 60.7 Å². The fourth-order valence-corrected chi connectivity index (χ4v) is 8.70. The summed E-state index contributed by atoms with van der Waals surface area (Å²) in [7, 11) is 0. The molecule has 0 atom stereocenters. The van der Waals surface area contributed by atoms with Gasteiger partial charge in [0.1, 0.15) is 11.2 Å². The van der Waals surface area contributed by atoms with Crippen LogP contribution in [-0.4, -0.2) is 24.1 Å². The topological polar surface area (TPSA) is 61.7 Å². The summed E-state index contributed by atoms with van der Waals surface area (Å²) in [6, 6.07) is 65.3. The highest BCUT2D eigenvalue weighted by Gasteiger charge is 2.24. The Kier molecular flexibility index (Phi) is 6.83. The van der Waals surface area contributed by atoms with Gasteiger partial charge in [0.25, 0.3) is 0 Å². The lowest BCUT2D eigenvalue weighted by Gasteiger charge is -2.14. The minimum absolute atomic E-state index is 0.603. The van der Waals surface area contributed by atoms with Crippen LogP contribution >= 0.6 is 0 Å². The van der Waals surface area contributed by atoms with Crippen molar-refractivity contribution in [2.45, 2.75) is 0 Å². The van der Waals surface area contributed by atoms with Crippen LogP contribution in [0.1, 0.15) is 0 Å². The van der Waals surface area contributed by atoms with Crippen LogP contribution < -0.4 is 0 Å². The molecule has 0 fully saturated rings. The number of hydrogen-bond donors (Lipinski definition) is 0. The summed E-state index contributed by atoms with van der Waals surface area (Å²) in [6.07, 6.45) is 0. The quantitative estimate of drug-likeness (QED) is 0.177. The van der Waals surface area contributed by atoms with E-state index in [4.69, 9.17) is 19.4 Å². The number of hydrogen-bond acceptors (Lipinski definition) is 4. The lowest BCUT2D eigenvalue weighted by Crippen LogP contribution is -2.03. The van der Waals surface area contributed by atoms with Crippen LogP contribution in [0.3, 0.4) is 0 Å². The zero-order chi connectivity index (χ0) is 37.5. The van der Waals surface area contributed by atoms with E-state index in [-0.39, 0.29) is 0 Å². The molecule has 0 saturated carbocycles. The highest BCUT2D eigenvalue weighted by molar-refractivity contribution is 6.29. The van der Waals surface area contributed by atoms with Gasteiger partial charge >= 0.3 is 0 Å². The molecule has 0 aliphatic rings. The van der Waals surface area contributed by atoms with E-state index >= 15 is 0 Å². The van der Waals surface area contributed by atoms with Crippen molar-refractivity contribution < 1.29 is 4.42 Å². The first kappa shape index (κ1) is 31.5. The maximum Gasteiger partial charge on any atom is 0.166 e. The molecule has 6 heteroatoms. The Labute approximate surface area is 326 Å². The lowest BCUT2D eigenvalue weighted by atomic mass is 10.1. The molecule has 4 aromatic heterocycles. The summed E-state index contributed by atoms with van der Waals surface area (Å²) < 4.78 is 11.8. The smallest absolute Gasteiger partial charge is 0.166 e. The van der Waals surface area contributed by atoms with E-state index in [0.717, 1.165) is 93.6 Å². The van der Waals surface area contributed by atoms with Crippen LogP contribution in [-0.2, 0) is 0 Å². The summed E-state index contributed by atoms with van der Waals surface area (Å²) in [5, 5.41) is 6.64. The molecular weight excluding hydrogens is 699 g/mol. The molecule has 0 spiro atoms. The first-order valence-electron chi connectivity index (χ1n) is 19.1. The van der Waals surface area contributed by atoms with Crippen LogP contribution in [0.4, 0.5) is 0 Å². The third-order valence-electron chi connectivity index (χ3n) is 11.2. The van der Waals surface area contributed by atoms with Crippen molar-refractivity contribution in [1.82, 2.24) is 24.1 Å². The number of aromatic nitrogens is 5. The van der Waals surface area contributed by atoms with Gasteiger partial charge < -0.3 is 13.6 Å². The molecule has 0 amide bonds. The summed E-state index contributed by atoms with van der Waals surface area (Å²) in [5.74, 6) is 1.85. The van der Waals surface area contributed by atoms with E-state index in [9.17, 15) is 0 Å². The molecule has 57 heavy (non-hydrogen) atoms. The van der Waals surface area contributed by atoms with Gasteiger partial charge in [-0.3, -0.25) is 0 Å². The van der Waals surface area contributed by atoms with Crippen molar-refractivity contribution in [1.29, 1.82) is 0 Å². The first-order chi connectivity index (χ1) is 28.3. The van der Waals surface area contributed by atoms with E-state index in [1.54, 1.807) is 0 Å². The van der Waals surface area contributed by atoms with Gasteiger partial charge in [0.2, 0.25) is 0 Å². The Balaban J connectivity index is 1.13. The molecule has 4 heterocycles. The molecule has 266 valence electrons. The summed E-state index contributed by atoms with van der Waals surface area (Å²) in [4.78, 5) is 15.2. The fourth-order valence-electron chi connectivity index (χ4n) is 8.70. The zero-order valence-electron chi connectivity index (χ0n) is 30.5. The number of rotatable bonds is 5. The number of fused-ring (bicyclic) bond motifs is 11. The van der Waals surface area contributed by atoms with Crippen molar-refractivity contribution in [2.24, 2.45) is 0 Å². The van der Waals surface area contributed by atoms with Gasteiger partial charge in [0.05, 0.1) is 38.5 Å². The van der Waals surface area contributed by atoms with Crippen molar-refractivity contribution in [3.63, 3.8) is 0 Å². The van der Waals surface area contributed by atoms with Crippen LogP contribution in [0.2, 0.25) is 0 Å². The Morgan fingerprint density at radius 1 is 0.333 bits per heavy atom. The van der Waals surface area contributed by atoms with Gasteiger partial charge in [0.15, 0.2) is 17.5 Å². The van der Waals surface area contributed by atoms with Crippen LogP contribution in [0.5, 0.6) is 0 Å². The van der Waals surface area contributed by atoms with E-state index in [2.05, 4.69) is 137 Å². The molecule has 12 aromatic rings. The van der Waals surface area contributed by atoms with E-state index in [1.807, 2.05) is 60.7 Å². The third kappa shape index (κ3) is 4.74. The molecule has 0 saturated heterocycles. The monoisotopic (exact) mass is 729 g/mol. The van der Waals surface area contributed by atoms with Gasteiger partial charge in [-0.2, -0.15) is 0 Å². The Morgan fingerprint density at radius 3 is 1.39 bits per heavy atom. The van der Waals surface area contributed by atoms with Crippen LogP contribution in [0.15, 0.2) is 192 Å². The lowest BCUT2D eigenvalue weighted by molar-refractivity contribution is 0.677. The standard InChI is InChI=1S/C51H31N5O/c1-4-16-32(17-5-1)49-52-50(33-18-6-2-7-19-33)54-51(53-49)39-24-12-15-27-42(39)56-41-26-14-11-23-38(41)46-44(56)31-29-36-35-28-30-43-45(47(35)57-48(36)46)37-22-10-13-25-40(37)55(43)34-20-8-3-9-21-34/h1-31H. The molecule has 0 aliphatic carbocycles. The molecular formula is C51H31N5O.